The number of amides is 1. The van der Waals surface area contributed by atoms with Crippen molar-refractivity contribution in [1.82, 2.24) is 14.8 Å². The normalized spacial score (nSPS) is 26.7. The molecular weight excluding hydrogens is 428 g/mol. The predicted octanol–water partition coefficient (Wildman–Crippen LogP) is 3.45. The Bertz CT molecular complexity index is 862. The van der Waals surface area contributed by atoms with Gasteiger partial charge in [-0.15, -0.1) is 0 Å². The van der Waals surface area contributed by atoms with Gasteiger partial charge >= 0.3 is 6.09 Å². The molecule has 33 heavy (non-hydrogen) atoms. The topological polar surface area (TPSA) is 52.2 Å². The summed E-state index contributed by atoms with van der Waals surface area (Å²) in [5, 5.41) is 0. The molecule has 2 saturated carbocycles. The molecule has 0 aromatic carbocycles. The van der Waals surface area contributed by atoms with E-state index in [1.807, 2.05) is 35.9 Å². The fourth-order valence-electron chi connectivity index (χ4n) is 6.19. The minimum absolute atomic E-state index is 0.0807. The molecule has 1 amide bonds. The first-order valence-electron chi connectivity index (χ1n) is 12.3. The number of piperazine rings is 1. The van der Waals surface area contributed by atoms with Gasteiger partial charge in [-0.05, 0) is 38.3 Å². The standard InChI is InChI=1S/C24H35F2N5O2/c1-3-33-22(32)31-16-23(17-31)7-6-18(13-23)29-9-11-30(12-10-29)21-20(5-4-8-27-21)28(2)19-14-24(25,26)15-19/h4-5,8,18-19H,3,6-7,9-17H2,1-2H3/t18-/m1/s1. The second kappa shape index (κ2) is 8.56. The number of halogens is 2. The summed E-state index contributed by atoms with van der Waals surface area (Å²) in [6.45, 7) is 7.65. The number of aromatic nitrogens is 1. The van der Waals surface area contributed by atoms with Crippen LogP contribution in [0.4, 0.5) is 25.1 Å². The molecule has 1 aromatic rings. The Kier molecular flexibility index (Phi) is 5.87. The maximum atomic E-state index is 13.4. The molecule has 182 valence electrons. The summed E-state index contributed by atoms with van der Waals surface area (Å²) >= 11 is 0. The summed E-state index contributed by atoms with van der Waals surface area (Å²) in [6, 6.07) is 4.33. The number of likely N-dealkylation sites (tertiary alicyclic amines) is 1. The number of carbonyl (C=O) groups excluding carboxylic acids is 1. The number of ether oxygens (including phenoxy) is 1. The van der Waals surface area contributed by atoms with Gasteiger partial charge in [0.2, 0.25) is 0 Å². The lowest BCUT2D eigenvalue weighted by atomic mass is 9.78. The highest BCUT2D eigenvalue weighted by Gasteiger charge is 2.51. The highest BCUT2D eigenvalue weighted by molar-refractivity contribution is 5.69. The van der Waals surface area contributed by atoms with Gasteiger partial charge in [-0.1, -0.05) is 0 Å². The van der Waals surface area contributed by atoms with Gasteiger partial charge in [-0.3, -0.25) is 4.90 Å². The van der Waals surface area contributed by atoms with Crippen molar-refractivity contribution in [1.29, 1.82) is 0 Å². The zero-order valence-electron chi connectivity index (χ0n) is 19.7. The third kappa shape index (κ3) is 4.36. The van der Waals surface area contributed by atoms with Crippen LogP contribution in [0.3, 0.4) is 0 Å². The van der Waals surface area contributed by atoms with Gasteiger partial charge in [0.25, 0.3) is 5.92 Å². The SMILES string of the molecule is CCOC(=O)N1CC2(CC[C@@H](N3CCN(c4ncccc4N(C)C4CC(F)(F)C4)CC3)C2)C1. The van der Waals surface area contributed by atoms with Crippen LogP contribution < -0.4 is 9.80 Å². The van der Waals surface area contributed by atoms with Crippen molar-refractivity contribution >= 4 is 17.6 Å². The lowest BCUT2D eigenvalue weighted by Crippen LogP contribution is -2.58. The van der Waals surface area contributed by atoms with E-state index in [0.717, 1.165) is 57.2 Å². The van der Waals surface area contributed by atoms with E-state index >= 15 is 0 Å². The van der Waals surface area contributed by atoms with Crippen LogP contribution in [0.1, 0.15) is 39.0 Å². The first-order valence-corrected chi connectivity index (χ1v) is 12.3. The van der Waals surface area contributed by atoms with E-state index in [2.05, 4.69) is 14.8 Å². The molecule has 1 spiro atoms. The summed E-state index contributed by atoms with van der Waals surface area (Å²) in [5.41, 5.74) is 1.22. The number of nitrogens with zero attached hydrogens (tertiary/aromatic N) is 5. The first kappa shape index (κ1) is 22.6. The van der Waals surface area contributed by atoms with Crippen LogP contribution in [0.2, 0.25) is 0 Å². The Labute approximate surface area is 194 Å². The maximum absolute atomic E-state index is 13.4. The van der Waals surface area contributed by atoms with E-state index in [4.69, 9.17) is 4.74 Å². The molecule has 5 rings (SSSR count). The summed E-state index contributed by atoms with van der Waals surface area (Å²) in [4.78, 5) is 25.3. The third-order valence-corrected chi connectivity index (χ3v) is 8.15. The lowest BCUT2D eigenvalue weighted by Gasteiger charge is -2.48. The number of rotatable bonds is 5. The largest absolute Gasteiger partial charge is 0.450 e. The fraction of sp³-hybridized carbons (Fsp3) is 0.750. The smallest absolute Gasteiger partial charge is 0.409 e. The number of anilines is 2. The summed E-state index contributed by atoms with van der Waals surface area (Å²) < 4.78 is 31.9. The van der Waals surface area contributed by atoms with Gasteiger partial charge in [0.05, 0.1) is 12.3 Å². The molecule has 0 bridgehead atoms. The third-order valence-electron chi connectivity index (χ3n) is 8.15. The predicted molar refractivity (Wildman–Crippen MR) is 123 cm³/mol. The minimum atomic E-state index is -2.53. The zero-order chi connectivity index (χ0) is 23.2. The Morgan fingerprint density at radius 1 is 1.21 bits per heavy atom. The number of carbonyl (C=O) groups is 1. The molecule has 0 N–H and O–H groups in total. The second-order valence-corrected chi connectivity index (χ2v) is 10.3. The maximum Gasteiger partial charge on any atom is 0.409 e. The number of alkyl halides is 2. The summed E-state index contributed by atoms with van der Waals surface area (Å²) in [6.07, 6.45) is 4.96. The van der Waals surface area contributed by atoms with Gasteiger partial charge in [0.1, 0.15) is 0 Å². The quantitative estimate of drug-likeness (QED) is 0.667. The molecule has 0 unspecified atom stereocenters. The Morgan fingerprint density at radius 3 is 2.61 bits per heavy atom. The minimum Gasteiger partial charge on any atom is -0.450 e. The van der Waals surface area contributed by atoms with Gasteiger partial charge in [0.15, 0.2) is 5.82 Å². The molecule has 7 nitrogen and oxygen atoms in total. The van der Waals surface area contributed by atoms with Crippen molar-refractivity contribution in [2.75, 3.05) is 62.7 Å². The van der Waals surface area contributed by atoms with Crippen molar-refractivity contribution in [3.8, 4) is 0 Å². The highest BCUT2D eigenvalue weighted by atomic mass is 19.3. The molecule has 2 saturated heterocycles. The van der Waals surface area contributed by atoms with Crippen LogP contribution in [-0.4, -0.2) is 91.8 Å². The summed E-state index contributed by atoms with van der Waals surface area (Å²) in [7, 11) is 1.91. The van der Waals surface area contributed by atoms with Gasteiger partial charge in [0, 0.05) is 82.9 Å². The average molecular weight is 464 g/mol. The molecule has 2 aliphatic heterocycles. The molecule has 4 fully saturated rings. The van der Waals surface area contributed by atoms with Crippen LogP contribution in [0, 0.1) is 5.41 Å². The van der Waals surface area contributed by atoms with E-state index in [1.165, 1.54) is 12.8 Å². The van der Waals surface area contributed by atoms with E-state index in [0.29, 0.717) is 12.6 Å². The van der Waals surface area contributed by atoms with E-state index in [-0.39, 0.29) is 30.4 Å². The monoisotopic (exact) mass is 463 g/mol. The van der Waals surface area contributed by atoms with Crippen molar-refractivity contribution in [2.45, 2.75) is 57.0 Å². The van der Waals surface area contributed by atoms with Crippen LogP contribution in [0.25, 0.3) is 0 Å². The van der Waals surface area contributed by atoms with Crippen molar-refractivity contribution < 1.29 is 18.3 Å². The van der Waals surface area contributed by atoms with Crippen LogP contribution in [0.5, 0.6) is 0 Å². The van der Waals surface area contributed by atoms with Crippen molar-refractivity contribution in [2.24, 2.45) is 5.41 Å². The molecule has 4 aliphatic rings. The second-order valence-electron chi connectivity index (χ2n) is 10.3. The number of pyridine rings is 1. The Hall–Kier alpha value is -2.16. The van der Waals surface area contributed by atoms with Crippen LogP contribution in [0.15, 0.2) is 18.3 Å². The van der Waals surface area contributed by atoms with Gasteiger partial charge < -0.3 is 19.4 Å². The molecular formula is C24H35F2N5O2. The number of hydrogen-bond donors (Lipinski definition) is 0. The number of hydrogen-bond acceptors (Lipinski definition) is 6. The zero-order valence-corrected chi connectivity index (χ0v) is 19.7. The van der Waals surface area contributed by atoms with E-state index in [9.17, 15) is 13.6 Å². The Balaban J connectivity index is 1.15. The summed E-state index contributed by atoms with van der Waals surface area (Å²) in [5.74, 6) is -1.62. The van der Waals surface area contributed by atoms with Crippen LogP contribution >= 0.6 is 0 Å². The van der Waals surface area contributed by atoms with Gasteiger partial charge in [-0.2, -0.15) is 0 Å². The van der Waals surface area contributed by atoms with Crippen molar-refractivity contribution in [3.05, 3.63) is 18.3 Å². The molecule has 2 aliphatic carbocycles. The molecule has 3 heterocycles. The Morgan fingerprint density at radius 2 is 1.94 bits per heavy atom. The fourth-order valence-corrected chi connectivity index (χ4v) is 6.19. The van der Waals surface area contributed by atoms with E-state index in [1.54, 1.807) is 6.20 Å². The molecule has 1 atom stereocenters. The highest BCUT2D eigenvalue weighted by Crippen LogP contribution is 2.47. The average Bonchev–Trinajstić information content (AvgIpc) is 3.22. The lowest BCUT2D eigenvalue weighted by molar-refractivity contribution is -0.0849. The van der Waals surface area contributed by atoms with Gasteiger partial charge in [-0.25, -0.2) is 18.6 Å². The molecule has 9 heteroatoms. The molecule has 1 aromatic heterocycles. The van der Waals surface area contributed by atoms with E-state index < -0.39 is 5.92 Å². The molecule has 0 radical (unpaired) electrons. The van der Waals surface area contributed by atoms with Crippen molar-refractivity contribution in [3.63, 3.8) is 0 Å². The first-order chi connectivity index (χ1) is 15.8. The van der Waals surface area contributed by atoms with Crippen LogP contribution in [-0.2, 0) is 4.74 Å².